The monoisotopic (exact) mass is 505 g/mol. The number of rotatable bonds is 7. The largest absolute Gasteiger partial charge is 0.468 e. The van der Waals surface area contributed by atoms with Gasteiger partial charge in [0.1, 0.15) is 0 Å². The molecule has 0 N–H and O–H groups in total. The molecule has 0 fully saturated rings. The van der Waals surface area contributed by atoms with E-state index in [4.69, 9.17) is 14.2 Å². The first-order valence-corrected chi connectivity index (χ1v) is 11.0. The van der Waals surface area contributed by atoms with Gasteiger partial charge in [-0.15, -0.1) is 0 Å². The molecule has 1 aliphatic rings. The highest BCUT2D eigenvalue weighted by atomic mass is 79.9. The summed E-state index contributed by atoms with van der Waals surface area (Å²) in [5, 5.41) is 0. The van der Waals surface area contributed by atoms with Crippen LogP contribution in [-0.2, 0) is 42.2 Å². The molecule has 0 atom stereocenters. The SMILES string of the molecule is CCOC(=O)c1cccc(C(=O)c2c(CC)c(Br)c3n2CCC3(C(=O)OC)C(=O)OC)c1. The van der Waals surface area contributed by atoms with Crippen LogP contribution in [0.4, 0.5) is 0 Å². The van der Waals surface area contributed by atoms with Gasteiger partial charge in [0, 0.05) is 16.6 Å². The van der Waals surface area contributed by atoms with E-state index in [-0.39, 0.29) is 30.9 Å². The van der Waals surface area contributed by atoms with Gasteiger partial charge < -0.3 is 18.8 Å². The highest BCUT2D eigenvalue weighted by Gasteiger charge is 2.57. The molecule has 32 heavy (non-hydrogen) atoms. The zero-order valence-electron chi connectivity index (χ0n) is 18.3. The summed E-state index contributed by atoms with van der Waals surface area (Å²) in [5.74, 6) is -2.33. The number of ether oxygens (including phenoxy) is 3. The molecule has 2 heterocycles. The normalized spacial score (nSPS) is 13.9. The lowest BCUT2D eigenvalue weighted by atomic mass is 9.83. The third kappa shape index (κ3) is 3.54. The summed E-state index contributed by atoms with van der Waals surface area (Å²) in [6.07, 6.45) is 0.574. The minimum atomic E-state index is -1.67. The van der Waals surface area contributed by atoms with Crippen molar-refractivity contribution >= 4 is 39.6 Å². The molecule has 3 rings (SSSR count). The second-order valence-electron chi connectivity index (χ2n) is 7.26. The van der Waals surface area contributed by atoms with E-state index in [0.717, 1.165) is 0 Å². The Bertz CT molecular complexity index is 1090. The summed E-state index contributed by atoms with van der Waals surface area (Å²) >= 11 is 3.52. The van der Waals surface area contributed by atoms with Crippen molar-refractivity contribution < 1.29 is 33.4 Å². The molecule has 8 nitrogen and oxygen atoms in total. The number of aromatic nitrogens is 1. The van der Waals surface area contributed by atoms with Gasteiger partial charge in [0.2, 0.25) is 11.2 Å². The first kappa shape index (κ1) is 23.7. The molecule has 0 radical (unpaired) electrons. The Labute approximate surface area is 194 Å². The molecule has 170 valence electrons. The van der Waals surface area contributed by atoms with Crippen molar-refractivity contribution in [2.45, 2.75) is 38.6 Å². The van der Waals surface area contributed by atoms with Crippen molar-refractivity contribution in [3.8, 4) is 0 Å². The molecule has 2 aromatic rings. The third-order valence-electron chi connectivity index (χ3n) is 5.69. The highest BCUT2D eigenvalue weighted by Crippen LogP contribution is 2.46. The molecule has 9 heteroatoms. The number of methoxy groups -OCH3 is 2. The summed E-state index contributed by atoms with van der Waals surface area (Å²) in [5.41, 5.74) is 0.247. The minimum Gasteiger partial charge on any atom is -0.468 e. The predicted octanol–water partition coefficient (Wildman–Crippen LogP) is 3.21. The van der Waals surface area contributed by atoms with Crippen LogP contribution in [0.1, 0.15) is 57.9 Å². The highest BCUT2D eigenvalue weighted by molar-refractivity contribution is 9.10. The van der Waals surface area contributed by atoms with Crippen LogP contribution < -0.4 is 0 Å². The van der Waals surface area contributed by atoms with Crippen LogP contribution in [0.5, 0.6) is 0 Å². The Morgan fingerprint density at radius 3 is 2.25 bits per heavy atom. The van der Waals surface area contributed by atoms with Gasteiger partial charge in [0.15, 0.2) is 0 Å². The Balaban J connectivity index is 2.19. The maximum Gasteiger partial charge on any atom is 0.338 e. The van der Waals surface area contributed by atoms with Crippen molar-refractivity contribution in [2.75, 3.05) is 20.8 Å². The molecular weight excluding hydrogens is 482 g/mol. The van der Waals surface area contributed by atoms with Crippen molar-refractivity contribution in [1.29, 1.82) is 0 Å². The fourth-order valence-electron chi connectivity index (χ4n) is 4.23. The van der Waals surface area contributed by atoms with E-state index in [0.29, 0.717) is 33.4 Å². The number of hydrogen-bond acceptors (Lipinski definition) is 7. The van der Waals surface area contributed by atoms with Gasteiger partial charge in [-0.25, -0.2) is 4.79 Å². The molecule has 0 saturated heterocycles. The zero-order valence-corrected chi connectivity index (χ0v) is 19.9. The molecule has 1 aliphatic heterocycles. The number of carbonyl (C=O) groups excluding carboxylic acids is 4. The Hall–Kier alpha value is -2.94. The molecule has 0 bridgehead atoms. The third-order valence-corrected chi connectivity index (χ3v) is 6.54. The van der Waals surface area contributed by atoms with Crippen LogP contribution in [0.15, 0.2) is 28.7 Å². The number of nitrogens with zero attached hydrogens (tertiary/aromatic N) is 1. The quantitative estimate of drug-likeness (QED) is 0.246. The van der Waals surface area contributed by atoms with Gasteiger partial charge in [-0.3, -0.25) is 14.4 Å². The Kier molecular flexibility index (Phi) is 6.88. The standard InChI is InChI=1S/C23H24BrNO7/c1-5-15-16(24)19-23(21(28)30-3,22(29)31-4)10-11-25(19)17(15)18(26)13-8-7-9-14(12-13)20(27)32-6-2/h7-9,12H,5-6,10-11H2,1-4H3. The van der Waals surface area contributed by atoms with Crippen molar-refractivity contribution in [3.05, 3.63) is 56.8 Å². The Morgan fingerprint density at radius 1 is 1.06 bits per heavy atom. The van der Waals surface area contributed by atoms with E-state index in [1.807, 2.05) is 6.92 Å². The number of hydrogen-bond donors (Lipinski definition) is 0. The van der Waals surface area contributed by atoms with E-state index < -0.39 is 23.3 Å². The van der Waals surface area contributed by atoms with Crippen LogP contribution in [0, 0.1) is 0 Å². The van der Waals surface area contributed by atoms with Gasteiger partial charge in [0.05, 0.1) is 37.8 Å². The smallest absolute Gasteiger partial charge is 0.338 e. The molecule has 0 amide bonds. The zero-order chi connectivity index (χ0) is 23.6. The van der Waals surface area contributed by atoms with Crippen LogP contribution in [0.25, 0.3) is 0 Å². The molecule has 0 aliphatic carbocycles. The van der Waals surface area contributed by atoms with Gasteiger partial charge in [0.25, 0.3) is 0 Å². The predicted molar refractivity (Wildman–Crippen MR) is 118 cm³/mol. The number of carbonyl (C=O) groups is 4. The van der Waals surface area contributed by atoms with Crippen LogP contribution >= 0.6 is 15.9 Å². The first-order chi connectivity index (χ1) is 15.3. The second kappa shape index (κ2) is 9.28. The van der Waals surface area contributed by atoms with E-state index in [2.05, 4.69) is 15.9 Å². The van der Waals surface area contributed by atoms with E-state index in [1.165, 1.54) is 20.3 Å². The molecule has 0 unspecified atom stereocenters. The average Bonchev–Trinajstić information content (AvgIpc) is 3.34. The number of halogens is 1. The van der Waals surface area contributed by atoms with Crippen LogP contribution in [0.2, 0.25) is 0 Å². The Morgan fingerprint density at radius 2 is 1.69 bits per heavy atom. The molecule has 1 aromatic carbocycles. The average molecular weight is 506 g/mol. The summed E-state index contributed by atoms with van der Waals surface area (Å²) in [7, 11) is 2.42. The summed E-state index contributed by atoms with van der Waals surface area (Å²) in [6, 6.07) is 6.28. The molecule has 0 saturated carbocycles. The number of esters is 3. The number of benzene rings is 1. The fourth-order valence-corrected chi connectivity index (χ4v) is 5.25. The lowest BCUT2D eigenvalue weighted by Gasteiger charge is -2.23. The number of ketones is 1. The van der Waals surface area contributed by atoms with Crippen molar-refractivity contribution in [2.24, 2.45) is 0 Å². The van der Waals surface area contributed by atoms with Crippen LogP contribution in [0.3, 0.4) is 0 Å². The van der Waals surface area contributed by atoms with Crippen LogP contribution in [-0.4, -0.2) is 49.1 Å². The minimum absolute atomic E-state index is 0.105. The van der Waals surface area contributed by atoms with E-state index in [9.17, 15) is 19.2 Å². The summed E-state index contributed by atoms with van der Waals surface area (Å²) in [6.45, 7) is 4.05. The summed E-state index contributed by atoms with van der Waals surface area (Å²) in [4.78, 5) is 51.3. The first-order valence-electron chi connectivity index (χ1n) is 10.2. The van der Waals surface area contributed by atoms with Gasteiger partial charge in [-0.1, -0.05) is 19.1 Å². The van der Waals surface area contributed by atoms with E-state index in [1.54, 1.807) is 29.7 Å². The summed E-state index contributed by atoms with van der Waals surface area (Å²) < 4.78 is 17.1. The molecular formula is C23H24BrNO7. The molecule has 1 aromatic heterocycles. The fraction of sp³-hybridized carbons (Fsp3) is 0.391. The van der Waals surface area contributed by atoms with Gasteiger partial charge in [-0.2, -0.15) is 0 Å². The second-order valence-corrected chi connectivity index (χ2v) is 8.06. The number of fused-ring (bicyclic) bond motifs is 1. The molecule has 0 spiro atoms. The maximum absolute atomic E-state index is 13.6. The van der Waals surface area contributed by atoms with Gasteiger partial charge >= 0.3 is 17.9 Å². The van der Waals surface area contributed by atoms with Gasteiger partial charge in [-0.05, 0) is 53.4 Å². The van der Waals surface area contributed by atoms with Crippen molar-refractivity contribution in [1.82, 2.24) is 4.57 Å². The lowest BCUT2D eigenvalue weighted by molar-refractivity contribution is -0.162. The lowest BCUT2D eigenvalue weighted by Crippen LogP contribution is -2.44. The van der Waals surface area contributed by atoms with E-state index >= 15 is 0 Å². The maximum atomic E-state index is 13.6. The topological polar surface area (TPSA) is 101 Å². The van der Waals surface area contributed by atoms with Crippen molar-refractivity contribution in [3.63, 3.8) is 0 Å².